The summed E-state index contributed by atoms with van der Waals surface area (Å²) in [5.74, 6) is 0.458. The van der Waals surface area contributed by atoms with E-state index >= 15 is 0 Å². The number of rotatable bonds is 8. The molecular formula is C58H55BN2. The molecule has 2 heterocycles. The number of fused-ring (bicyclic) bond motifs is 4. The second-order valence-corrected chi connectivity index (χ2v) is 18.3. The van der Waals surface area contributed by atoms with Crippen molar-refractivity contribution in [1.82, 2.24) is 0 Å². The van der Waals surface area contributed by atoms with Gasteiger partial charge in [0.1, 0.15) is 0 Å². The normalized spacial score (nSPS) is 21.4. The largest absolute Gasteiger partial charge is 0.315 e. The maximum atomic E-state index is 2.69. The molecule has 4 aromatic carbocycles. The molecule has 61 heavy (non-hydrogen) atoms. The van der Waals surface area contributed by atoms with E-state index in [1.165, 1.54) is 67.3 Å². The van der Waals surface area contributed by atoms with Crippen molar-refractivity contribution in [2.24, 2.45) is 11.3 Å². The standard InChI is InChI=1S/C58H55BN2/c1-57(42-21-8-3-9-22-42,43-23-10-4-11-24-43)46-35-38-49(39-36-46)61-53-40-37-47(58(2,44-25-12-5-13-26-44)45-27-14-6-15-28-45)41-51(53)59-50-31-18-19-32-52(50)60(48-29-16-7-17-30-48)54-33-20-34-55(61)56(54)59/h3-6,8-10,12-16,18-19,21,23,25-32,34-35,37-38,40-42H,7,11,17,20,22,24,33,36,39H2,1-2H3. The lowest BCUT2D eigenvalue weighted by molar-refractivity contribution is 0.325. The Labute approximate surface area is 363 Å². The Morgan fingerprint density at radius 2 is 1.34 bits per heavy atom. The first-order valence-electron chi connectivity index (χ1n) is 22.9. The molecule has 5 aliphatic carbocycles. The molecule has 0 saturated carbocycles. The van der Waals surface area contributed by atoms with E-state index in [2.05, 4.69) is 206 Å². The van der Waals surface area contributed by atoms with Gasteiger partial charge >= 0.3 is 0 Å². The van der Waals surface area contributed by atoms with Crippen molar-refractivity contribution in [3.05, 3.63) is 238 Å². The van der Waals surface area contributed by atoms with Gasteiger partial charge in [-0.1, -0.05) is 176 Å². The number of para-hydroxylation sites is 1. The molecule has 300 valence electrons. The number of allylic oxidation sites excluding steroid dienone is 18. The van der Waals surface area contributed by atoms with Gasteiger partial charge in [-0.05, 0) is 128 Å². The van der Waals surface area contributed by atoms with Crippen LogP contribution in [-0.4, -0.2) is 6.71 Å². The Bertz CT molecular complexity index is 2670. The predicted molar refractivity (Wildman–Crippen MR) is 258 cm³/mol. The molecule has 4 aromatic rings. The average Bonchev–Trinajstić information content (AvgIpc) is 3.34. The van der Waals surface area contributed by atoms with Crippen molar-refractivity contribution < 1.29 is 0 Å². The van der Waals surface area contributed by atoms with Gasteiger partial charge in [-0.2, -0.15) is 0 Å². The zero-order valence-corrected chi connectivity index (χ0v) is 35.7. The van der Waals surface area contributed by atoms with Crippen LogP contribution in [0, 0.1) is 11.3 Å². The lowest BCUT2D eigenvalue weighted by Gasteiger charge is -2.49. The van der Waals surface area contributed by atoms with E-state index in [1.807, 2.05) is 0 Å². The molecule has 2 atom stereocenters. The molecule has 2 unspecified atom stereocenters. The van der Waals surface area contributed by atoms with Gasteiger partial charge in [0.15, 0.2) is 0 Å². The SMILES string of the molecule is CC(c1ccccc1)(c1ccccc1)c1ccc2c(c1)B1C3=C(CCC=C3N2C2=CC=C(C(C)(C3=CC=CCC3)C3C=CC=CC3)CC2)N(C2=CCCC=C2)c2ccccc21. The van der Waals surface area contributed by atoms with Gasteiger partial charge in [0.2, 0.25) is 0 Å². The maximum absolute atomic E-state index is 2.69. The van der Waals surface area contributed by atoms with Crippen molar-refractivity contribution in [2.75, 3.05) is 9.80 Å². The highest BCUT2D eigenvalue weighted by molar-refractivity contribution is 6.94. The van der Waals surface area contributed by atoms with Crippen molar-refractivity contribution in [3.8, 4) is 0 Å². The molecule has 0 fully saturated rings. The van der Waals surface area contributed by atoms with Crippen LogP contribution in [0.4, 0.5) is 11.4 Å². The van der Waals surface area contributed by atoms with E-state index in [1.54, 1.807) is 11.1 Å². The number of anilines is 2. The van der Waals surface area contributed by atoms with Crippen LogP contribution in [0.15, 0.2) is 222 Å². The van der Waals surface area contributed by atoms with Crippen LogP contribution in [0.25, 0.3) is 0 Å². The molecule has 0 saturated heterocycles. The van der Waals surface area contributed by atoms with Gasteiger partial charge in [0, 0.05) is 45.0 Å². The third-order valence-corrected chi connectivity index (χ3v) is 15.2. The molecule has 7 aliphatic rings. The molecule has 0 N–H and O–H groups in total. The van der Waals surface area contributed by atoms with Gasteiger partial charge < -0.3 is 9.80 Å². The molecule has 0 spiro atoms. The van der Waals surface area contributed by atoms with Gasteiger partial charge in [0.25, 0.3) is 6.71 Å². The Balaban J connectivity index is 1.12. The molecule has 2 aliphatic heterocycles. The number of hydrogen-bond acceptors (Lipinski definition) is 2. The van der Waals surface area contributed by atoms with Crippen LogP contribution in [-0.2, 0) is 5.41 Å². The molecule has 11 rings (SSSR count). The van der Waals surface area contributed by atoms with E-state index in [0.29, 0.717) is 5.92 Å². The highest BCUT2D eigenvalue weighted by Crippen LogP contribution is 2.53. The molecule has 0 amide bonds. The molecule has 0 bridgehead atoms. The summed E-state index contributed by atoms with van der Waals surface area (Å²) in [4.78, 5) is 5.33. The minimum Gasteiger partial charge on any atom is -0.315 e. The van der Waals surface area contributed by atoms with Gasteiger partial charge in [-0.25, -0.2) is 0 Å². The third-order valence-electron chi connectivity index (χ3n) is 15.2. The van der Waals surface area contributed by atoms with Crippen molar-refractivity contribution in [1.29, 1.82) is 0 Å². The topological polar surface area (TPSA) is 6.48 Å². The number of hydrogen-bond donors (Lipinski definition) is 0. The maximum Gasteiger partial charge on any atom is 0.251 e. The van der Waals surface area contributed by atoms with Crippen LogP contribution in [0.3, 0.4) is 0 Å². The Kier molecular flexibility index (Phi) is 9.60. The van der Waals surface area contributed by atoms with E-state index in [4.69, 9.17) is 0 Å². The van der Waals surface area contributed by atoms with Crippen LogP contribution >= 0.6 is 0 Å². The first-order chi connectivity index (χ1) is 30.0. The summed E-state index contributed by atoms with van der Waals surface area (Å²) in [5, 5.41) is 0. The summed E-state index contributed by atoms with van der Waals surface area (Å²) in [6, 6.07) is 39.1. The Hall–Kier alpha value is -6.06. The molecule has 2 nitrogen and oxygen atoms in total. The first kappa shape index (κ1) is 37.9. The molecule has 0 radical (unpaired) electrons. The second kappa shape index (κ2) is 15.4. The van der Waals surface area contributed by atoms with Crippen molar-refractivity contribution >= 4 is 29.0 Å². The summed E-state index contributed by atoms with van der Waals surface area (Å²) in [6.07, 6.45) is 40.8. The quantitative estimate of drug-likeness (QED) is 0.130. The third kappa shape index (κ3) is 6.14. The average molecular weight is 791 g/mol. The highest BCUT2D eigenvalue weighted by atomic mass is 15.2. The van der Waals surface area contributed by atoms with Crippen LogP contribution in [0.1, 0.15) is 88.3 Å². The van der Waals surface area contributed by atoms with E-state index in [0.717, 1.165) is 57.8 Å². The molecule has 0 aromatic heterocycles. The van der Waals surface area contributed by atoms with Gasteiger partial charge in [0.05, 0.1) is 0 Å². The minimum absolute atomic E-state index is 0.0121. The predicted octanol–water partition coefficient (Wildman–Crippen LogP) is 13.0. The van der Waals surface area contributed by atoms with Gasteiger partial charge in [-0.3, -0.25) is 0 Å². The van der Waals surface area contributed by atoms with Gasteiger partial charge in [-0.15, -0.1) is 0 Å². The minimum atomic E-state index is -0.349. The number of nitrogens with zero attached hydrogens (tertiary/aromatic N) is 2. The van der Waals surface area contributed by atoms with Crippen LogP contribution in [0.2, 0.25) is 0 Å². The fraction of sp³-hybridized carbons (Fsp3) is 0.241. The lowest BCUT2D eigenvalue weighted by atomic mass is 9.32. The van der Waals surface area contributed by atoms with Crippen molar-refractivity contribution in [3.63, 3.8) is 0 Å². The van der Waals surface area contributed by atoms with Crippen LogP contribution < -0.4 is 20.7 Å². The zero-order valence-electron chi connectivity index (χ0n) is 35.7. The Morgan fingerprint density at radius 1 is 0.574 bits per heavy atom. The van der Waals surface area contributed by atoms with Crippen molar-refractivity contribution in [2.45, 2.75) is 77.0 Å². The van der Waals surface area contributed by atoms with Crippen LogP contribution in [0.5, 0.6) is 0 Å². The summed E-state index contributed by atoms with van der Waals surface area (Å²) in [7, 11) is 0. The Morgan fingerprint density at radius 3 is 2.05 bits per heavy atom. The second-order valence-electron chi connectivity index (χ2n) is 18.3. The summed E-state index contributed by atoms with van der Waals surface area (Å²) >= 11 is 0. The smallest absolute Gasteiger partial charge is 0.251 e. The lowest BCUT2D eigenvalue weighted by Crippen LogP contribution is -2.58. The zero-order chi connectivity index (χ0) is 41.0. The summed E-state index contributed by atoms with van der Waals surface area (Å²) in [5.41, 5.74) is 19.2. The van der Waals surface area contributed by atoms with E-state index < -0.39 is 0 Å². The first-order valence-corrected chi connectivity index (χ1v) is 22.9. The number of benzene rings is 4. The summed E-state index contributed by atoms with van der Waals surface area (Å²) in [6.45, 7) is 5.09. The van der Waals surface area contributed by atoms with E-state index in [9.17, 15) is 0 Å². The monoisotopic (exact) mass is 790 g/mol. The summed E-state index contributed by atoms with van der Waals surface area (Å²) < 4.78 is 0. The molecular weight excluding hydrogens is 735 g/mol. The highest BCUT2D eigenvalue weighted by Gasteiger charge is 2.48. The molecule has 3 heteroatoms. The van der Waals surface area contributed by atoms with E-state index in [-0.39, 0.29) is 17.5 Å². The fourth-order valence-electron chi connectivity index (χ4n) is 11.9. The fourth-order valence-corrected chi connectivity index (χ4v) is 11.9.